The lowest BCUT2D eigenvalue weighted by atomic mass is 9.85. The minimum absolute atomic E-state index is 0.0707. The van der Waals surface area contributed by atoms with Crippen LogP contribution in [-0.4, -0.2) is 32.7 Å². The summed E-state index contributed by atoms with van der Waals surface area (Å²) < 4.78 is 11.5. The Morgan fingerprint density at radius 2 is 1.96 bits per heavy atom. The van der Waals surface area contributed by atoms with E-state index in [1.54, 1.807) is 30.5 Å². The van der Waals surface area contributed by atoms with Crippen LogP contribution in [0.25, 0.3) is 11.0 Å². The average molecular weight is 382 g/mol. The van der Waals surface area contributed by atoms with Crippen LogP contribution in [0.1, 0.15) is 47.8 Å². The van der Waals surface area contributed by atoms with E-state index >= 15 is 0 Å². The zero-order valence-corrected chi connectivity index (χ0v) is 16.1. The third kappa shape index (κ3) is 4.01. The Kier molecular flexibility index (Phi) is 5.18. The molecule has 2 unspecified atom stereocenters. The minimum atomic E-state index is -1.03. The smallest absolute Gasteiger partial charge is 0.251 e. The number of hydrogen-bond donors (Lipinski definition) is 2. The van der Waals surface area contributed by atoms with Crippen molar-refractivity contribution in [3.05, 3.63) is 59.9 Å². The Bertz CT molecular complexity index is 903. The van der Waals surface area contributed by atoms with Gasteiger partial charge in [0.2, 0.25) is 0 Å². The van der Waals surface area contributed by atoms with Crippen molar-refractivity contribution in [2.24, 2.45) is 0 Å². The maximum absolute atomic E-state index is 12.6. The molecule has 1 saturated carbocycles. The predicted octanol–water partition coefficient (Wildman–Crippen LogP) is 3.76. The van der Waals surface area contributed by atoms with Crippen LogP contribution in [0.5, 0.6) is 0 Å². The van der Waals surface area contributed by atoms with E-state index in [9.17, 15) is 9.35 Å². The second kappa shape index (κ2) is 7.74. The number of carbonyl (C=O) groups excluding carboxylic acids is 1. The van der Waals surface area contributed by atoms with Gasteiger partial charge >= 0.3 is 0 Å². The van der Waals surface area contributed by atoms with Crippen LogP contribution < -0.4 is 5.32 Å². The van der Waals surface area contributed by atoms with Crippen molar-refractivity contribution >= 4 is 28.1 Å². The summed E-state index contributed by atoms with van der Waals surface area (Å²) in [5.41, 5.74) is 2.66. The number of aromatic amines is 1. The summed E-state index contributed by atoms with van der Waals surface area (Å²) in [6.07, 6.45) is 5.67. The molecule has 0 radical (unpaired) electrons. The highest BCUT2D eigenvalue weighted by atomic mass is 32.2. The number of imidazole rings is 1. The molecule has 0 spiro atoms. The maximum Gasteiger partial charge on any atom is 0.251 e. The molecule has 1 aliphatic carbocycles. The molecule has 0 aliphatic heterocycles. The highest BCUT2D eigenvalue weighted by Gasteiger charge is 2.26. The van der Waals surface area contributed by atoms with Crippen LogP contribution in [0, 0.1) is 0 Å². The van der Waals surface area contributed by atoms with Gasteiger partial charge in [0.25, 0.3) is 5.91 Å². The highest BCUT2D eigenvalue weighted by molar-refractivity contribution is 7.90. The van der Waals surface area contributed by atoms with E-state index < -0.39 is 11.2 Å². The van der Waals surface area contributed by atoms with Crippen LogP contribution in [0.4, 0.5) is 0 Å². The van der Waals surface area contributed by atoms with Gasteiger partial charge in [0, 0.05) is 17.5 Å². The molecule has 1 heterocycles. The van der Waals surface area contributed by atoms with Gasteiger partial charge < -0.3 is 14.9 Å². The number of hydrogen-bond acceptors (Lipinski definition) is 3. The molecule has 2 aromatic carbocycles. The van der Waals surface area contributed by atoms with E-state index in [1.165, 1.54) is 0 Å². The minimum Gasteiger partial charge on any atom is -0.612 e. The third-order valence-corrected chi connectivity index (χ3v) is 6.19. The van der Waals surface area contributed by atoms with Crippen molar-refractivity contribution in [3.63, 3.8) is 0 Å². The van der Waals surface area contributed by atoms with Crippen LogP contribution >= 0.6 is 0 Å². The number of para-hydroxylation sites is 2. The number of amides is 1. The van der Waals surface area contributed by atoms with Crippen LogP contribution in [0.15, 0.2) is 53.4 Å². The molecule has 6 heteroatoms. The number of aromatic nitrogens is 2. The van der Waals surface area contributed by atoms with Crippen molar-refractivity contribution in [2.75, 3.05) is 6.26 Å². The second-order valence-corrected chi connectivity index (χ2v) is 8.53. The number of benzene rings is 2. The molecular formula is C21H23N3O2S. The Morgan fingerprint density at radius 1 is 1.19 bits per heavy atom. The molecule has 1 aromatic heterocycles. The van der Waals surface area contributed by atoms with Gasteiger partial charge in [0.15, 0.2) is 4.90 Å². The fourth-order valence-corrected chi connectivity index (χ4v) is 4.32. The number of H-pyrrole nitrogens is 1. The summed E-state index contributed by atoms with van der Waals surface area (Å²) in [5, 5.41) is 3.16. The van der Waals surface area contributed by atoms with E-state index in [0.29, 0.717) is 11.5 Å². The van der Waals surface area contributed by atoms with E-state index in [-0.39, 0.29) is 11.9 Å². The Balaban J connectivity index is 1.42. The maximum atomic E-state index is 12.6. The molecule has 4 rings (SSSR count). The number of rotatable bonds is 4. The van der Waals surface area contributed by atoms with Crippen LogP contribution in [0.2, 0.25) is 0 Å². The van der Waals surface area contributed by atoms with Gasteiger partial charge in [-0.3, -0.25) is 4.79 Å². The Labute approximate surface area is 161 Å². The highest BCUT2D eigenvalue weighted by Crippen LogP contribution is 2.32. The lowest BCUT2D eigenvalue weighted by Gasteiger charge is -2.28. The number of fused-ring (bicyclic) bond motifs is 1. The lowest BCUT2D eigenvalue weighted by Crippen LogP contribution is -2.38. The van der Waals surface area contributed by atoms with E-state index in [0.717, 1.165) is 47.4 Å². The number of nitrogens with one attached hydrogen (secondary N) is 2. The summed E-state index contributed by atoms with van der Waals surface area (Å²) in [5.74, 6) is 1.28. The van der Waals surface area contributed by atoms with Crippen molar-refractivity contribution in [1.82, 2.24) is 15.3 Å². The molecule has 140 valence electrons. The molecule has 0 bridgehead atoms. The SMILES string of the molecule is C[S+]([O-])c1ccc(C(=O)NC2CCC[C@H](c3nc4ccccc4[nH]3)C2)cc1. The van der Waals surface area contributed by atoms with Crippen molar-refractivity contribution < 1.29 is 9.35 Å². The standard InChI is InChI=1S/C21H23N3O2S/c1-27(26)17-11-9-14(10-12-17)21(25)22-16-6-4-5-15(13-16)20-23-18-7-2-3-8-19(18)24-20/h2-3,7-12,15-16H,4-6,13H2,1H3,(H,22,25)(H,23,24)/t15-,16?,27?/m0/s1. The van der Waals surface area contributed by atoms with Gasteiger partial charge in [-0.05, 0) is 66.8 Å². The summed E-state index contributed by atoms with van der Waals surface area (Å²) in [4.78, 5) is 21.5. The number of carbonyl (C=O) groups is 1. The fraction of sp³-hybridized carbons (Fsp3) is 0.333. The summed E-state index contributed by atoms with van der Waals surface area (Å²) in [7, 11) is 0. The zero-order valence-electron chi connectivity index (χ0n) is 15.3. The van der Waals surface area contributed by atoms with E-state index in [1.807, 2.05) is 24.3 Å². The van der Waals surface area contributed by atoms with Gasteiger partial charge in [-0.2, -0.15) is 0 Å². The summed E-state index contributed by atoms with van der Waals surface area (Å²) >= 11 is -1.03. The third-order valence-electron chi connectivity index (χ3n) is 5.25. The van der Waals surface area contributed by atoms with E-state index in [4.69, 9.17) is 4.98 Å². The topological polar surface area (TPSA) is 80.8 Å². The van der Waals surface area contributed by atoms with Gasteiger partial charge in [-0.25, -0.2) is 4.98 Å². The summed E-state index contributed by atoms with van der Waals surface area (Å²) in [6, 6.07) is 15.2. The molecule has 1 aliphatic rings. The molecule has 1 amide bonds. The number of nitrogens with zero attached hydrogens (tertiary/aromatic N) is 1. The van der Waals surface area contributed by atoms with Crippen LogP contribution in [0.3, 0.4) is 0 Å². The molecule has 5 nitrogen and oxygen atoms in total. The molecular weight excluding hydrogens is 358 g/mol. The normalized spacial score (nSPS) is 21.1. The fourth-order valence-electron chi connectivity index (χ4n) is 3.80. The monoisotopic (exact) mass is 381 g/mol. The molecule has 27 heavy (non-hydrogen) atoms. The predicted molar refractivity (Wildman–Crippen MR) is 107 cm³/mol. The second-order valence-electron chi connectivity index (χ2n) is 7.15. The molecule has 3 aromatic rings. The first-order chi connectivity index (χ1) is 13.1. The van der Waals surface area contributed by atoms with Crippen molar-refractivity contribution in [2.45, 2.75) is 42.5 Å². The van der Waals surface area contributed by atoms with Gasteiger partial charge in [-0.1, -0.05) is 18.6 Å². The first kappa shape index (κ1) is 18.1. The largest absolute Gasteiger partial charge is 0.612 e. The Morgan fingerprint density at radius 3 is 2.70 bits per heavy atom. The molecule has 1 fully saturated rings. The first-order valence-electron chi connectivity index (χ1n) is 9.29. The quantitative estimate of drug-likeness (QED) is 0.675. The van der Waals surface area contributed by atoms with Crippen molar-refractivity contribution in [1.29, 1.82) is 0 Å². The van der Waals surface area contributed by atoms with E-state index in [2.05, 4.69) is 10.3 Å². The van der Waals surface area contributed by atoms with Crippen molar-refractivity contribution in [3.8, 4) is 0 Å². The molecule has 3 atom stereocenters. The average Bonchev–Trinajstić information content (AvgIpc) is 3.12. The van der Waals surface area contributed by atoms with Gasteiger partial charge in [-0.15, -0.1) is 0 Å². The van der Waals surface area contributed by atoms with Gasteiger partial charge in [0.1, 0.15) is 12.1 Å². The first-order valence-corrected chi connectivity index (χ1v) is 10.8. The summed E-state index contributed by atoms with van der Waals surface area (Å²) in [6.45, 7) is 0. The Hall–Kier alpha value is -2.31. The lowest BCUT2D eigenvalue weighted by molar-refractivity contribution is 0.0924. The van der Waals surface area contributed by atoms with Gasteiger partial charge in [0.05, 0.1) is 11.0 Å². The molecule has 0 saturated heterocycles. The molecule has 2 N–H and O–H groups in total. The zero-order chi connectivity index (χ0) is 18.8. The van der Waals surface area contributed by atoms with Crippen LogP contribution in [-0.2, 0) is 11.2 Å².